The van der Waals surface area contributed by atoms with Crippen molar-refractivity contribution in [3.05, 3.63) is 105 Å². The molecule has 0 bridgehead atoms. The first-order valence-electron chi connectivity index (χ1n) is 12.7. The SMILES string of the molecule is O=C(NC1CCCCC1)[C@H](Cc1ccccc1)N(Cc1c(Cl)cccc1Cl)C(=O)Cc1ccccc1F. The van der Waals surface area contributed by atoms with Crippen molar-refractivity contribution >= 4 is 35.0 Å². The van der Waals surface area contributed by atoms with E-state index >= 15 is 0 Å². The lowest BCUT2D eigenvalue weighted by molar-refractivity contribution is -0.141. The second kappa shape index (κ2) is 13.1. The molecule has 0 heterocycles. The van der Waals surface area contributed by atoms with Crippen molar-refractivity contribution in [1.82, 2.24) is 10.2 Å². The Morgan fingerprint density at radius 2 is 1.54 bits per heavy atom. The van der Waals surface area contributed by atoms with Crippen LogP contribution in [-0.2, 0) is 29.0 Å². The number of halogens is 3. The van der Waals surface area contributed by atoms with E-state index in [2.05, 4.69) is 5.32 Å². The third-order valence-electron chi connectivity index (χ3n) is 6.91. The van der Waals surface area contributed by atoms with E-state index in [0.29, 0.717) is 22.0 Å². The molecular weight excluding hydrogens is 510 g/mol. The first kappa shape index (κ1) is 27.2. The van der Waals surface area contributed by atoms with E-state index in [1.165, 1.54) is 11.0 Å². The highest BCUT2D eigenvalue weighted by Gasteiger charge is 2.33. The summed E-state index contributed by atoms with van der Waals surface area (Å²) in [5.74, 6) is -1.06. The number of hydrogen-bond acceptors (Lipinski definition) is 2. The van der Waals surface area contributed by atoms with E-state index in [9.17, 15) is 14.0 Å². The van der Waals surface area contributed by atoms with E-state index in [1.807, 2.05) is 30.3 Å². The fraction of sp³-hybridized carbons (Fsp3) is 0.333. The van der Waals surface area contributed by atoms with E-state index in [4.69, 9.17) is 23.2 Å². The van der Waals surface area contributed by atoms with Crippen molar-refractivity contribution in [1.29, 1.82) is 0 Å². The quantitative estimate of drug-likeness (QED) is 0.325. The van der Waals surface area contributed by atoms with Crippen LogP contribution in [0.5, 0.6) is 0 Å². The zero-order chi connectivity index (χ0) is 26.2. The molecule has 1 atom stereocenters. The number of carbonyl (C=O) groups is 2. The van der Waals surface area contributed by atoms with Gasteiger partial charge in [-0.2, -0.15) is 0 Å². The molecule has 0 spiro atoms. The summed E-state index contributed by atoms with van der Waals surface area (Å²) in [4.78, 5) is 29.1. The number of carbonyl (C=O) groups excluding carboxylic acids is 2. The number of nitrogens with zero attached hydrogens (tertiary/aromatic N) is 1. The van der Waals surface area contributed by atoms with Crippen LogP contribution in [-0.4, -0.2) is 28.8 Å². The van der Waals surface area contributed by atoms with Crippen LogP contribution < -0.4 is 5.32 Å². The summed E-state index contributed by atoms with van der Waals surface area (Å²) >= 11 is 13.0. The van der Waals surface area contributed by atoms with Crippen molar-refractivity contribution < 1.29 is 14.0 Å². The Kier molecular flexibility index (Phi) is 9.59. The van der Waals surface area contributed by atoms with Gasteiger partial charge in [0.2, 0.25) is 11.8 Å². The second-order valence-electron chi connectivity index (χ2n) is 9.54. The van der Waals surface area contributed by atoms with Gasteiger partial charge < -0.3 is 10.2 Å². The van der Waals surface area contributed by atoms with Crippen molar-refractivity contribution in [3.8, 4) is 0 Å². The maximum absolute atomic E-state index is 14.5. The van der Waals surface area contributed by atoms with Gasteiger partial charge in [0.25, 0.3) is 0 Å². The number of nitrogens with one attached hydrogen (secondary N) is 1. The van der Waals surface area contributed by atoms with Crippen LogP contribution in [0.25, 0.3) is 0 Å². The second-order valence-corrected chi connectivity index (χ2v) is 10.4. The van der Waals surface area contributed by atoms with Crippen molar-refractivity contribution in [2.75, 3.05) is 0 Å². The first-order chi connectivity index (χ1) is 17.9. The van der Waals surface area contributed by atoms with Crippen LogP contribution >= 0.6 is 23.2 Å². The average molecular weight is 541 g/mol. The Hall–Kier alpha value is -2.89. The molecule has 1 fully saturated rings. The summed E-state index contributed by atoms with van der Waals surface area (Å²) in [7, 11) is 0. The van der Waals surface area contributed by atoms with Gasteiger partial charge in [-0.25, -0.2) is 4.39 Å². The Balaban J connectivity index is 1.70. The lowest BCUT2D eigenvalue weighted by Crippen LogP contribution is -2.53. The molecule has 1 saturated carbocycles. The van der Waals surface area contributed by atoms with E-state index in [0.717, 1.165) is 37.7 Å². The van der Waals surface area contributed by atoms with Crippen LogP contribution in [0.3, 0.4) is 0 Å². The molecule has 3 aromatic rings. The molecule has 7 heteroatoms. The van der Waals surface area contributed by atoms with E-state index in [-0.39, 0.29) is 36.4 Å². The minimum atomic E-state index is -0.823. The van der Waals surface area contributed by atoms with Gasteiger partial charge in [-0.15, -0.1) is 0 Å². The molecule has 37 heavy (non-hydrogen) atoms. The fourth-order valence-corrected chi connectivity index (χ4v) is 5.38. The Labute approximate surface area is 227 Å². The van der Waals surface area contributed by atoms with Gasteiger partial charge in [-0.05, 0) is 42.2 Å². The summed E-state index contributed by atoms with van der Waals surface area (Å²) in [5, 5.41) is 4.00. The highest BCUT2D eigenvalue weighted by Crippen LogP contribution is 2.28. The van der Waals surface area contributed by atoms with Crippen molar-refractivity contribution in [2.24, 2.45) is 0 Å². The molecule has 1 aliphatic rings. The standard InChI is InChI=1S/C30H31Cl2FN2O2/c31-25-15-9-16-26(32)24(25)20-35(29(36)19-22-12-7-8-17-27(22)33)28(18-21-10-3-1-4-11-21)30(37)34-23-13-5-2-6-14-23/h1,3-4,7-12,15-17,23,28H,2,5-6,13-14,18-20H2,(H,34,37)/t28-/m0/s1. The Bertz CT molecular complexity index is 1190. The molecule has 194 valence electrons. The smallest absolute Gasteiger partial charge is 0.243 e. The minimum Gasteiger partial charge on any atom is -0.352 e. The molecule has 0 aliphatic heterocycles. The van der Waals surface area contributed by atoms with Crippen LogP contribution in [0, 0.1) is 5.82 Å². The molecular formula is C30H31Cl2FN2O2. The Morgan fingerprint density at radius 3 is 2.22 bits per heavy atom. The van der Waals surface area contributed by atoms with Gasteiger partial charge in [-0.1, -0.05) is 97.1 Å². The predicted octanol–water partition coefficient (Wildman–Crippen LogP) is 6.76. The summed E-state index contributed by atoms with van der Waals surface area (Å²) in [6.07, 6.45) is 5.27. The average Bonchev–Trinajstić information content (AvgIpc) is 2.90. The third-order valence-corrected chi connectivity index (χ3v) is 7.62. The molecule has 4 rings (SSSR count). The zero-order valence-corrected chi connectivity index (χ0v) is 22.1. The maximum Gasteiger partial charge on any atom is 0.243 e. The molecule has 0 radical (unpaired) electrons. The molecule has 0 aromatic heterocycles. The lowest BCUT2D eigenvalue weighted by atomic mass is 9.94. The number of hydrogen-bond donors (Lipinski definition) is 1. The summed E-state index contributed by atoms with van der Waals surface area (Å²) in [6.45, 7) is 0.0291. The largest absolute Gasteiger partial charge is 0.352 e. The van der Waals surface area contributed by atoms with Gasteiger partial charge in [0, 0.05) is 34.6 Å². The number of amides is 2. The normalized spacial score (nSPS) is 14.7. The zero-order valence-electron chi connectivity index (χ0n) is 20.6. The van der Waals surface area contributed by atoms with Crippen LogP contribution in [0.2, 0.25) is 10.0 Å². The van der Waals surface area contributed by atoms with Crippen molar-refractivity contribution in [3.63, 3.8) is 0 Å². The summed E-state index contributed by atoms with van der Waals surface area (Å²) < 4.78 is 14.5. The summed E-state index contributed by atoms with van der Waals surface area (Å²) in [5.41, 5.74) is 1.74. The Morgan fingerprint density at radius 1 is 0.892 bits per heavy atom. The number of benzene rings is 3. The van der Waals surface area contributed by atoms with E-state index < -0.39 is 11.9 Å². The maximum atomic E-state index is 14.5. The molecule has 2 amide bonds. The first-order valence-corrected chi connectivity index (χ1v) is 13.5. The molecule has 0 saturated heterocycles. The summed E-state index contributed by atoms with van der Waals surface area (Å²) in [6, 6.07) is 20.2. The van der Waals surface area contributed by atoms with E-state index in [1.54, 1.807) is 36.4 Å². The minimum absolute atomic E-state index is 0.0291. The van der Waals surface area contributed by atoms with Gasteiger partial charge in [-0.3, -0.25) is 9.59 Å². The van der Waals surface area contributed by atoms with Crippen LogP contribution in [0.1, 0.15) is 48.8 Å². The monoisotopic (exact) mass is 540 g/mol. The number of rotatable bonds is 9. The van der Waals surface area contributed by atoms with Crippen LogP contribution in [0.4, 0.5) is 4.39 Å². The molecule has 4 nitrogen and oxygen atoms in total. The molecule has 3 aromatic carbocycles. The predicted molar refractivity (Wildman–Crippen MR) is 146 cm³/mol. The molecule has 1 aliphatic carbocycles. The fourth-order valence-electron chi connectivity index (χ4n) is 4.86. The van der Waals surface area contributed by atoms with Crippen molar-refractivity contribution in [2.45, 2.75) is 63.6 Å². The molecule has 1 N–H and O–H groups in total. The highest BCUT2D eigenvalue weighted by atomic mass is 35.5. The van der Waals surface area contributed by atoms with Gasteiger partial charge in [0.15, 0.2) is 0 Å². The lowest BCUT2D eigenvalue weighted by Gasteiger charge is -2.34. The highest BCUT2D eigenvalue weighted by molar-refractivity contribution is 6.36. The van der Waals surface area contributed by atoms with Gasteiger partial charge >= 0.3 is 0 Å². The topological polar surface area (TPSA) is 49.4 Å². The van der Waals surface area contributed by atoms with Gasteiger partial charge in [0.1, 0.15) is 11.9 Å². The van der Waals surface area contributed by atoms with Crippen LogP contribution in [0.15, 0.2) is 72.8 Å². The molecule has 0 unspecified atom stereocenters. The third kappa shape index (κ3) is 7.33. The van der Waals surface area contributed by atoms with Gasteiger partial charge in [0.05, 0.1) is 6.42 Å².